The Morgan fingerprint density at radius 1 is 1.39 bits per heavy atom. The van der Waals surface area contributed by atoms with Crippen LogP contribution < -0.4 is 5.32 Å². The topological polar surface area (TPSA) is 88.0 Å². The highest BCUT2D eigenvalue weighted by atomic mass is 16.6. The molecular weight excluding hydrogens is 298 g/mol. The molecule has 0 bridgehead atoms. The zero-order valence-corrected chi connectivity index (χ0v) is 13.7. The summed E-state index contributed by atoms with van der Waals surface area (Å²) in [4.78, 5) is 11.8. The SMILES string of the molecule is CC(C)(C)OC(=O)N[C@H](CO)[C@H](O)[C@@H]1COC1c1ccccc1. The van der Waals surface area contributed by atoms with E-state index in [9.17, 15) is 15.0 Å². The average molecular weight is 323 g/mol. The fourth-order valence-electron chi connectivity index (χ4n) is 2.56. The molecule has 0 saturated carbocycles. The van der Waals surface area contributed by atoms with Gasteiger partial charge in [0.1, 0.15) is 5.60 Å². The Bertz CT molecular complexity index is 513. The molecule has 3 N–H and O–H groups in total. The highest BCUT2D eigenvalue weighted by Gasteiger charge is 2.42. The van der Waals surface area contributed by atoms with Gasteiger partial charge < -0.3 is 25.0 Å². The fraction of sp³-hybridized carbons (Fsp3) is 0.588. The summed E-state index contributed by atoms with van der Waals surface area (Å²) in [5, 5.41) is 22.5. The number of hydrogen-bond acceptors (Lipinski definition) is 5. The molecule has 1 aromatic rings. The van der Waals surface area contributed by atoms with E-state index in [1.54, 1.807) is 20.8 Å². The predicted octanol–water partition coefficient (Wildman–Crippen LogP) is 1.62. The van der Waals surface area contributed by atoms with Crippen molar-refractivity contribution in [3.63, 3.8) is 0 Å². The van der Waals surface area contributed by atoms with E-state index in [-0.39, 0.29) is 18.6 Å². The largest absolute Gasteiger partial charge is 0.444 e. The van der Waals surface area contributed by atoms with Crippen LogP contribution in [0.4, 0.5) is 4.79 Å². The van der Waals surface area contributed by atoms with Gasteiger partial charge in [-0.2, -0.15) is 0 Å². The van der Waals surface area contributed by atoms with E-state index in [1.807, 2.05) is 30.3 Å². The third-order valence-electron chi connectivity index (χ3n) is 3.73. The number of aliphatic hydroxyl groups excluding tert-OH is 2. The van der Waals surface area contributed by atoms with Crippen LogP contribution in [0.5, 0.6) is 0 Å². The minimum absolute atomic E-state index is 0.190. The van der Waals surface area contributed by atoms with E-state index >= 15 is 0 Å². The summed E-state index contributed by atoms with van der Waals surface area (Å²) in [6, 6.07) is 8.78. The van der Waals surface area contributed by atoms with E-state index in [1.165, 1.54) is 0 Å². The summed E-state index contributed by atoms with van der Waals surface area (Å²) in [6.07, 6.45) is -1.82. The molecule has 2 rings (SSSR count). The number of carbonyl (C=O) groups excluding carboxylic acids is 1. The smallest absolute Gasteiger partial charge is 0.408 e. The molecule has 23 heavy (non-hydrogen) atoms. The van der Waals surface area contributed by atoms with Gasteiger partial charge in [-0.25, -0.2) is 4.79 Å². The van der Waals surface area contributed by atoms with Gasteiger partial charge in [0.15, 0.2) is 0 Å². The number of ether oxygens (including phenoxy) is 2. The molecule has 0 spiro atoms. The van der Waals surface area contributed by atoms with Crippen molar-refractivity contribution in [3.8, 4) is 0 Å². The normalized spacial score (nSPS) is 23.5. The van der Waals surface area contributed by atoms with Crippen LogP contribution in [0.15, 0.2) is 30.3 Å². The number of carbonyl (C=O) groups is 1. The van der Waals surface area contributed by atoms with Crippen molar-refractivity contribution in [1.82, 2.24) is 5.32 Å². The van der Waals surface area contributed by atoms with Gasteiger partial charge in [-0.3, -0.25) is 0 Å². The van der Waals surface area contributed by atoms with Crippen molar-refractivity contribution >= 4 is 6.09 Å². The number of benzene rings is 1. The first-order valence-electron chi connectivity index (χ1n) is 7.77. The van der Waals surface area contributed by atoms with Crippen molar-refractivity contribution in [3.05, 3.63) is 35.9 Å². The highest BCUT2D eigenvalue weighted by Crippen LogP contribution is 2.38. The molecule has 1 aromatic carbocycles. The number of alkyl carbamates (subject to hydrolysis) is 1. The maximum Gasteiger partial charge on any atom is 0.408 e. The van der Waals surface area contributed by atoms with Gasteiger partial charge in [0.2, 0.25) is 0 Å². The number of nitrogens with one attached hydrogen (secondary N) is 1. The van der Waals surface area contributed by atoms with Crippen LogP contribution in [0.25, 0.3) is 0 Å². The zero-order chi connectivity index (χ0) is 17.0. The number of aliphatic hydroxyl groups is 2. The van der Waals surface area contributed by atoms with Gasteiger partial charge in [-0.15, -0.1) is 0 Å². The molecule has 0 aliphatic carbocycles. The van der Waals surface area contributed by atoms with E-state index in [0.29, 0.717) is 6.61 Å². The van der Waals surface area contributed by atoms with Gasteiger partial charge in [0.05, 0.1) is 31.5 Å². The minimum atomic E-state index is -0.925. The molecule has 1 unspecified atom stereocenters. The average Bonchev–Trinajstić information content (AvgIpc) is 2.42. The Balaban J connectivity index is 1.97. The molecule has 1 fully saturated rings. The molecule has 128 valence electrons. The summed E-state index contributed by atoms with van der Waals surface area (Å²) < 4.78 is 10.7. The molecular formula is C17H25NO5. The second-order valence-electron chi connectivity index (χ2n) is 6.75. The van der Waals surface area contributed by atoms with Crippen LogP contribution in [0.3, 0.4) is 0 Å². The molecule has 6 nitrogen and oxygen atoms in total. The Morgan fingerprint density at radius 3 is 2.52 bits per heavy atom. The quantitative estimate of drug-likeness (QED) is 0.766. The molecule has 0 radical (unpaired) electrons. The number of amides is 1. The van der Waals surface area contributed by atoms with Crippen molar-refractivity contribution < 1.29 is 24.5 Å². The van der Waals surface area contributed by atoms with Crippen molar-refractivity contribution in [2.75, 3.05) is 13.2 Å². The maximum absolute atomic E-state index is 11.8. The second-order valence-corrected chi connectivity index (χ2v) is 6.75. The fourth-order valence-corrected chi connectivity index (χ4v) is 2.56. The summed E-state index contributed by atoms with van der Waals surface area (Å²) >= 11 is 0. The van der Waals surface area contributed by atoms with E-state index in [0.717, 1.165) is 5.56 Å². The number of rotatable bonds is 5. The minimum Gasteiger partial charge on any atom is -0.444 e. The Morgan fingerprint density at radius 2 is 2.04 bits per heavy atom. The van der Waals surface area contributed by atoms with Crippen molar-refractivity contribution in [2.45, 2.75) is 44.6 Å². The first kappa shape index (κ1) is 17.7. The molecule has 1 amide bonds. The van der Waals surface area contributed by atoms with E-state index in [4.69, 9.17) is 9.47 Å². The zero-order valence-electron chi connectivity index (χ0n) is 13.7. The van der Waals surface area contributed by atoms with E-state index < -0.39 is 23.8 Å². The maximum atomic E-state index is 11.8. The molecule has 1 saturated heterocycles. The van der Waals surface area contributed by atoms with E-state index in [2.05, 4.69) is 5.32 Å². The first-order chi connectivity index (χ1) is 10.8. The molecule has 6 heteroatoms. The molecule has 1 heterocycles. The van der Waals surface area contributed by atoms with Gasteiger partial charge >= 0.3 is 6.09 Å². The molecule has 4 atom stereocenters. The lowest BCUT2D eigenvalue weighted by Crippen LogP contribution is -2.54. The summed E-state index contributed by atoms with van der Waals surface area (Å²) in [7, 11) is 0. The van der Waals surface area contributed by atoms with Crippen LogP contribution >= 0.6 is 0 Å². The highest BCUT2D eigenvalue weighted by molar-refractivity contribution is 5.68. The Kier molecular flexibility index (Phi) is 5.62. The van der Waals surface area contributed by atoms with Crippen molar-refractivity contribution in [1.29, 1.82) is 0 Å². The number of hydrogen-bond donors (Lipinski definition) is 3. The third kappa shape index (κ3) is 4.67. The lowest BCUT2D eigenvalue weighted by Gasteiger charge is -2.42. The summed E-state index contributed by atoms with van der Waals surface area (Å²) in [5.74, 6) is -0.190. The Hall–Kier alpha value is -1.63. The molecule has 1 aliphatic heterocycles. The standard InChI is InChI=1S/C17H25NO5/c1-17(2,3)23-16(21)18-13(9-19)14(20)12-10-22-15(12)11-7-5-4-6-8-11/h4-8,12-15,19-20H,9-10H2,1-3H3,(H,18,21)/t12-,13+,14+,15?/m0/s1. The van der Waals surface area contributed by atoms with Crippen LogP contribution in [-0.4, -0.2) is 47.3 Å². The summed E-state index contributed by atoms with van der Waals surface area (Å²) in [6.45, 7) is 5.26. The van der Waals surface area contributed by atoms with Gasteiger partial charge in [-0.05, 0) is 26.3 Å². The van der Waals surface area contributed by atoms with Gasteiger partial charge in [-0.1, -0.05) is 30.3 Å². The predicted molar refractivity (Wildman–Crippen MR) is 84.9 cm³/mol. The summed E-state index contributed by atoms with van der Waals surface area (Å²) in [5.41, 5.74) is 0.332. The Labute approximate surface area is 136 Å². The monoisotopic (exact) mass is 323 g/mol. The first-order valence-corrected chi connectivity index (χ1v) is 7.77. The third-order valence-corrected chi connectivity index (χ3v) is 3.73. The van der Waals surface area contributed by atoms with Gasteiger partial charge in [0, 0.05) is 5.92 Å². The van der Waals surface area contributed by atoms with Crippen LogP contribution in [0.1, 0.15) is 32.4 Å². The lowest BCUT2D eigenvalue weighted by molar-refractivity contribution is -0.169. The van der Waals surface area contributed by atoms with Crippen LogP contribution in [0, 0.1) is 5.92 Å². The van der Waals surface area contributed by atoms with Gasteiger partial charge in [0.25, 0.3) is 0 Å². The van der Waals surface area contributed by atoms with Crippen LogP contribution in [0.2, 0.25) is 0 Å². The molecule has 0 aromatic heterocycles. The lowest BCUT2D eigenvalue weighted by atomic mass is 9.84. The van der Waals surface area contributed by atoms with Crippen LogP contribution in [-0.2, 0) is 9.47 Å². The second kappa shape index (κ2) is 7.29. The van der Waals surface area contributed by atoms with Crippen molar-refractivity contribution in [2.24, 2.45) is 5.92 Å². The molecule has 1 aliphatic rings.